The van der Waals surface area contributed by atoms with Crippen LogP contribution in [0, 0.1) is 5.82 Å². The van der Waals surface area contributed by atoms with E-state index in [1.807, 2.05) is 34.9 Å². The van der Waals surface area contributed by atoms with E-state index in [4.69, 9.17) is 4.74 Å². The maximum absolute atomic E-state index is 14.3. The van der Waals surface area contributed by atoms with Crippen LogP contribution >= 0.6 is 11.8 Å². The molecule has 1 atom stereocenters. The van der Waals surface area contributed by atoms with Crippen LogP contribution in [0.3, 0.4) is 0 Å². The van der Waals surface area contributed by atoms with E-state index in [0.29, 0.717) is 36.1 Å². The second-order valence-electron chi connectivity index (χ2n) is 6.24. The molecule has 1 aromatic heterocycles. The largest absolute Gasteiger partial charge is 0.465 e. The summed E-state index contributed by atoms with van der Waals surface area (Å²) in [6.45, 7) is 1.01. The smallest absolute Gasteiger partial charge is 0.319 e. The molecule has 2 heterocycles. The molecule has 4 rings (SSSR count). The summed E-state index contributed by atoms with van der Waals surface area (Å²) in [5, 5.41) is 8.78. The summed E-state index contributed by atoms with van der Waals surface area (Å²) in [6, 6.07) is 16.6. The summed E-state index contributed by atoms with van der Waals surface area (Å²) in [6.07, 6.45) is 1.40. The Kier molecular flexibility index (Phi) is 5.20. The highest BCUT2D eigenvalue weighted by Gasteiger charge is 2.30. The molecular weight excluding hydrogens is 365 g/mol. The number of esters is 1. The number of ether oxygens (including phenoxy) is 1. The third-order valence-electron chi connectivity index (χ3n) is 4.43. The predicted octanol–water partition coefficient (Wildman–Crippen LogP) is 3.73. The summed E-state index contributed by atoms with van der Waals surface area (Å²) in [4.78, 5) is 11.8. The van der Waals surface area contributed by atoms with Crippen molar-refractivity contribution in [2.24, 2.45) is 0 Å². The number of hydrogen-bond acceptors (Lipinski definition) is 5. The Bertz CT molecular complexity index is 945. The molecule has 1 aliphatic rings. The van der Waals surface area contributed by atoms with E-state index in [9.17, 15) is 9.18 Å². The van der Waals surface area contributed by atoms with Crippen LogP contribution in [0.15, 0.2) is 59.8 Å². The van der Waals surface area contributed by atoms with Crippen molar-refractivity contribution < 1.29 is 13.9 Å². The van der Waals surface area contributed by atoms with E-state index in [1.54, 1.807) is 18.2 Å². The number of nitrogens with zero attached hydrogens (tertiary/aromatic N) is 3. The van der Waals surface area contributed by atoms with Crippen molar-refractivity contribution in [1.82, 2.24) is 14.8 Å². The zero-order valence-electron chi connectivity index (χ0n) is 14.5. The third kappa shape index (κ3) is 3.88. The molecule has 3 aromatic rings. The van der Waals surface area contributed by atoms with Crippen LogP contribution in [0.25, 0.3) is 11.4 Å². The number of hydrogen-bond donors (Lipinski definition) is 0. The molecule has 0 bridgehead atoms. The summed E-state index contributed by atoms with van der Waals surface area (Å²) >= 11 is 1.33. The number of aryl methyl sites for hydroxylation is 1. The van der Waals surface area contributed by atoms with Gasteiger partial charge in [0, 0.05) is 13.0 Å². The van der Waals surface area contributed by atoms with Gasteiger partial charge in [0.15, 0.2) is 11.0 Å². The van der Waals surface area contributed by atoms with Gasteiger partial charge in [-0.25, -0.2) is 4.39 Å². The van der Waals surface area contributed by atoms with E-state index in [-0.39, 0.29) is 17.0 Å². The van der Waals surface area contributed by atoms with Gasteiger partial charge < -0.3 is 9.30 Å². The van der Waals surface area contributed by atoms with Gasteiger partial charge in [0.05, 0.1) is 12.2 Å². The van der Waals surface area contributed by atoms with Crippen LogP contribution in [-0.2, 0) is 22.5 Å². The number of rotatable bonds is 6. The molecule has 2 aromatic carbocycles. The Morgan fingerprint density at radius 1 is 1.11 bits per heavy atom. The van der Waals surface area contributed by atoms with Gasteiger partial charge in [-0.05, 0) is 24.1 Å². The van der Waals surface area contributed by atoms with Gasteiger partial charge in [-0.3, -0.25) is 4.79 Å². The van der Waals surface area contributed by atoms with E-state index in [0.717, 1.165) is 6.42 Å². The van der Waals surface area contributed by atoms with Crippen molar-refractivity contribution in [3.05, 3.63) is 66.0 Å². The fourth-order valence-corrected chi connectivity index (χ4v) is 4.04. The van der Waals surface area contributed by atoms with Crippen LogP contribution in [-0.4, -0.2) is 32.6 Å². The van der Waals surface area contributed by atoms with Crippen LogP contribution < -0.4 is 0 Å². The van der Waals surface area contributed by atoms with Crippen LogP contribution in [0.4, 0.5) is 4.39 Å². The molecule has 138 valence electrons. The highest BCUT2D eigenvalue weighted by Crippen LogP contribution is 2.32. The predicted molar refractivity (Wildman–Crippen MR) is 101 cm³/mol. The number of carbonyl (C=O) groups excluding carboxylic acids is 1. The summed E-state index contributed by atoms with van der Waals surface area (Å²) < 4.78 is 21.3. The number of carbonyl (C=O) groups is 1. The highest BCUT2D eigenvalue weighted by molar-refractivity contribution is 8.00. The minimum Gasteiger partial charge on any atom is -0.465 e. The molecule has 27 heavy (non-hydrogen) atoms. The first kappa shape index (κ1) is 17.7. The van der Waals surface area contributed by atoms with Gasteiger partial charge in [-0.15, -0.1) is 10.2 Å². The average Bonchev–Trinajstić information content (AvgIpc) is 3.28. The topological polar surface area (TPSA) is 57.0 Å². The normalized spacial score (nSPS) is 16.5. The molecular formula is C20H18FN3O2S. The molecule has 0 aliphatic carbocycles. The number of benzene rings is 2. The summed E-state index contributed by atoms with van der Waals surface area (Å²) in [5.41, 5.74) is 1.57. The summed E-state index contributed by atoms with van der Waals surface area (Å²) in [5.74, 6) is -0.106. The Hall–Kier alpha value is -2.67. The van der Waals surface area contributed by atoms with E-state index >= 15 is 0 Å². The van der Waals surface area contributed by atoms with Gasteiger partial charge in [0.2, 0.25) is 0 Å². The average molecular weight is 383 g/mol. The second-order valence-corrected chi connectivity index (χ2v) is 7.41. The van der Waals surface area contributed by atoms with Crippen LogP contribution in [0.1, 0.15) is 12.0 Å². The first-order chi connectivity index (χ1) is 13.2. The molecule has 7 heteroatoms. The molecule has 0 N–H and O–H groups in total. The SMILES string of the molecule is O=C1OCC[C@H]1Sc1nnc(-c2ccccc2F)n1CCc1ccccc1. The minimum atomic E-state index is -0.345. The highest BCUT2D eigenvalue weighted by atomic mass is 32.2. The quantitative estimate of drug-likeness (QED) is 0.607. The van der Waals surface area contributed by atoms with Gasteiger partial charge >= 0.3 is 5.97 Å². The number of cyclic esters (lactones) is 1. The lowest BCUT2D eigenvalue weighted by atomic mass is 10.1. The molecule has 5 nitrogen and oxygen atoms in total. The van der Waals surface area contributed by atoms with E-state index in [1.165, 1.54) is 23.4 Å². The van der Waals surface area contributed by atoms with Crippen molar-refractivity contribution in [1.29, 1.82) is 0 Å². The monoisotopic (exact) mass is 383 g/mol. The zero-order chi connectivity index (χ0) is 18.6. The van der Waals surface area contributed by atoms with Crippen molar-refractivity contribution in [3.63, 3.8) is 0 Å². The Morgan fingerprint density at radius 3 is 2.63 bits per heavy atom. The molecule has 1 fully saturated rings. The maximum atomic E-state index is 14.3. The molecule has 1 aliphatic heterocycles. The fourth-order valence-electron chi connectivity index (χ4n) is 3.02. The number of aromatic nitrogens is 3. The Labute approximate surface area is 160 Å². The Morgan fingerprint density at radius 2 is 1.89 bits per heavy atom. The molecule has 0 spiro atoms. The van der Waals surface area contributed by atoms with Crippen molar-refractivity contribution >= 4 is 17.7 Å². The van der Waals surface area contributed by atoms with E-state index in [2.05, 4.69) is 10.2 Å². The third-order valence-corrected chi connectivity index (χ3v) is 5.66. The molecule has 0 saturated carbocycles. The lowest BCUT2D eigenvalue weighted by Crippen LogP contribution is -2.12. The maximum Gasteiger partial charge on any atom is 0.319 e. The van der Waals surface area contributed by atoms with Crippen LogP contribution in [0.5, 0.6) is 0 Å². The van der Waals surface area contributed by atoms with Crippen molar-refractivity contribution in [3.8, 4) is 11.4 Å². The standard InChI is InChI=1S/C20H18FN3O2S/c21-16-9-5-4-8-15(16)18-22-23-20(27-17-11-13-26-19(17)25)24(18)12-10-14-6-2-1-3-7-14/h1-9,17H,10-13H2/t17-/m1/s1. The fraction of sp³-hybridized carbons (Fsp3) is 0.250. The molecule has 1 saturated heterocycles. The van der Waals surface area contributed by atoms with Gasteiger partial charge in [-0.1, -0.05) is 54.2 Å². The lowest BCUT2D eigenvalue weighted by Gasteiger charge is -2.12. The molecule has 0 amide bonds. The minimum absolute atomic E-state index is 0.231. The first-order valence-electron chi connectivity index (χ1n) is 8.77. The number of halogens is 1. The summed E-state index contributed by atoms with van der Waals surface area (Å²) in [7, 11) is 0. The number of thioether (sulfide) groups is 1. The molecule has 0 radical (unpaired) electrons. The van der Waals surface area contributed by atoms with Crippen molar-refractivity contribution in [2.75, 3.05) is 6.61 Å². The second kappa shape index (κ2) is 7.92. The lowest BCUT2D eigenvalue weighted by molar-refractivity contribution is -0.137. The van der Waals surface area contributed by atoms with Gasteiger partial charge in [-0.2, -0.15) is 0 Å². The van der Waals surface area contributed by atoms with Gasteiger partial charge in [0.1, 0.15) is 11.1 Å². The first-order valence-corrected chi connectivity index (χ1v) is 9.65. The van der Waals surface area contributed by atoms with Crippen molar-refractivity contribution in [2.45, 2.75) is 29.8 Å². The van der Waals surface area contributed by atoms with Crippen LogP contribution in [0.2, 0.25) is 0 Å². The zero-order valence-corrected chi connectivity index (χ0v) is 15.4. The Balaban J connectivity index is 1.66. The van der Waals surface area contributed by atoms with E-state index < -0.39 is 0 Å². The molecule has 0 unspecified atom stereocenters. The van der Waals surface area contributed by atoms with Gasteiger partial charge in [0.25, 0.3) is 0 Å².